The van der Waals surface area contributed by atoms with E-state index in [0.717, 1.165) is 19.6 Å². The van der Waals surface area contributed by atoms with Crippen LogP contribution in [0.25, 0.3) is 0 Å². The van der Waals surface area contributed by atoms with E-state index in [0.29, 0.717) is 0 Å². The van der Waals surface area contributed by atoms with Crippen LogP contribution in [0.15, 0.2) is 42.9 Å². The first kappa shape index (κ1) is 13.8. The number of benzene rings is 1. The Morgan fingerprint density at radius 1 is 1.21 bits per heavy atom. The Bertz CT molecular complexity index is 500. The second kappa shape index (κ2) is 6.02. The van der Waals surface area contributed by atoms with Gasteiger partial charge in [0.15, 0.2) is 0 Å². The van der Waals surface area contributed by atoms with Crippen LogP contribution in [0, 0.1) is 0 Å². The van der Waals surface area contributed by atoms with E-state index in [2.05, 4.69) is 66.0 Å². The molecule has 1 aromatic heterocycles. The summed E-state index contributed by atoms with van der Waals surface area (Å²) in [7, 11) is 0. The normalized spacial score (nSPS) is 11.7. The van der Waals surface area contributed by atoms with Gasteiger partial charge in [-0.15, -0.1) is 0 Å². The fraction of sp³-hybridized carbons (Fsp3) is 0.438. The van der Waals surface area contributed by atoms with E-state index in [4.69, 9.17) is 0 Å². The molecule has 102 valence electrons. The average Bonchev–Trinajstić information content (AvgIpc) is 2.87. The Hall–Kier alpha value is -1.61. The van der Waals surface area contributed by atoms with Crippen molar-refractivity contribution < 1.29 is 0 Å². The predicted octanol–water partition coefficient (Wildman–Crippen LogP) is 2.97. The van der Waals surface area contributed by atoms with Gasteiger partial charge in [0.25, 0.3) is 0 Å². The van der Waals surface area contributed by atoms with Crippen molar-refractivity contribution in [2.24, 2.45) is 0 Å². The van der Waals surface area contributed by atoms with Gasteiger partial charge in [0.05, 0.1) is 12.0 Å². The summed E-state index contributed by atoms with van der Waals surface area (Å²) in [6.45, 7) is 9.47. The summed E-state index contributed by atoms with van der Waals surface area (Å²) in [5.41, 5.74) is 2.75. The molecular weight excluding hydrogens is 234 g/mol. The second-order valence-electron chi connectivity index (χ2n) is 5.52. The number of aryl methyl sites for hydroxylation is 1. The number of nitrogens with zero attached hydrogens (tertiary/aromatic N) is 2. The van der Waals surface area contributed by atoms with E-state index in [1.54, 1.807) is 0 Å². The molecule has 0 saturated heterocycles. The van der Waals surface area contributed by atoms with E-state index >= 15 is 0 Å². The van der Waals surface area contributed by atoms with Gasteiger partial charge >= 0.3 is 0 Å². The van der Waals surface area contributed by atoms with Crippen LogP contribution < -0.4 is 5.32 Å². The Balaban J connectivity index is 1.92. The highest BCUT2D eigenvalue weighted by Gasteiger charge is 2.19. The topological polar surface area (TPSA) is 29.9 Å². The van der Waals surface area contributed by atoms with Crippen LogP contribution in [-0.2, 0) is 18.5 Å². The third-order valence-electron chi connectivity index (χ3n) is 3.57. The average molecular weight is 257 g/mol. The van der Waals surface area contributed by atoms with Crippen LogP contribution in [0.5, 0.6) is 0 Å². The summed E-state index contributed by atoms with van der Waals surface area (Å²) >= 11 is 0. The zero-order chi connectivity index (χ0) is 13.7. The Labute approximate surface area is 115 Å². The van der Waals surface area contributed by atoms with E-state index in [-0.39, 0.29) is 5.41 Å². The monoisotopic (exact) mass is 257 g/mol. The molecule has 1 aromatic carbocycles. The molecule has 0 amide bonds. The molecule has 1 heterocycles. The smallest absolute Gasteiger partial charge is 0.0948 e. The minimum atomic E-state index is 0.137. The van der Waals surface area contributed by atoms with Crippen LogP contribution in [-0.4, -0.2) is 16.1 Å². The van der Waals surface area contributed by atoms with E-state index < -0.39 is 0 Å². The molecule has 2 rings (SSSR count). The quantitative estimate of drug-likeness (QED) is 0.862. The highest BCUT2D eigenvalue weighted by Crippen LogP contribution is 2.21. The third kappa shape index (κ3) is 3.44. The minimum absolute atomic E-state index is 0.137. The van der Waals surface area contributed by atoms with E-state index in [1.807, 2.05) is 12.5 Å². The van der Waals surface area contributed by atoms with Gasteiger partial charge in [0.2, 0.25) is 0 Å². The maximum atomic E-state index is 4.19. The lowest BCUT2D eigenvalue weighted by molar-refractivity contribution is 0.463. The Morgan fingerprint density at radius 3 is 2.63 bits per heavy atom. The molecule has 0 fully saturated rings. The van der Waals surface area contributed by atoms with Crippen molar-refractivity contribution >= 4 is 0 Å². The van der Waals surface area contributed by atoms with Crippen molar-refractivity contribution in [3.63, 3.8) is 0 Å². The largest absolute Gasteiger partial charge is 0.334 e. The van der Waals surface area contributed by atoms with Crippen molar-refractivity contribution in [3.8, 4) is 0 Å². The van der Waals surface area contributed by atoms with Crippen LogP contribution >= 0.6 is 0 Å². The number of aromatic nitrogens is 2. The van der Waals surface area contributed by atoms with Gasteiger partial charge in [0.1, 0.15) is 0 Å². The molecule has 0 spiro atoms. The Morgan fingerprint density at radius 2 is 1.95 bits per heavy atom. The zero-order valence-corrected chi connectivity index (χ0v) is 12.1. The first-order chi connectivity index (χ1) is 9.13. The summed E-state index contributed by atoms with van der Waals surface area (Å²) in [5.74, 6) is 0. The number of nitrogens with one attached hydrogen (secondary N) is 1. The van der Waals surface area contributed by atoms with Crippen LogP contribution in [0.3, 0.4) is 0 Å². The molecule has 2 aromatic rings. The summed E-state index contributed by atoms with van der Waals surface area (Å²) in [4.78, 5) is 4.19. The number of hydrogen-bond acceptors (Lipinski definition) is 2. The van der Waals surface area contributed by atoms with Gasteiger partial charge in [-0.3, -0.25) is 0 Å². The van der Waals surface area contributed by atoms with Crippen LogP contribution in [0.1, 0.15) is 32.0 Å². The fourth-order valence-corrected chi connectivity index (χ4v) is 2.27. The lowest BCUT2D eigenvalue weighted by atomic mass is 9.84. The molecular formula is C16H23N3. The van der Waals surface area contributed by atoms with Crippen molar-refractivity contribution in [2.45, 2.75) is 39.3 Å². The standard InChI is InChI=1S/C16H23N3/c1-4-19-13-18-11-15(19)10-17-12-16(2,3)14-8-6-5-7-9-14/h5-9,11,13,17H,4,10,12H2,1-3H3. The Kier molecular flexibility index (Phi) is 4.38. The first-order valence-corrected chi connectivity index (χ1v) is 6.89. The highest BCUT2D eigenvalue weighted by molar-refractivity contribution is 5.23. The van der Waals surface area contributed by atoms with Gasteiger partial charge in [-0.2, -0.15) is 0 Å². The summed E-state index contributed by atoms with van der Waals surface area (Å²) < 4.78 is 2.17. The van der Waals surface area contributed by atoms with Gasteiger partial charge in [-0.1, -0.05) is 44.2 Å². The molecule has 0 atom stereocenters. The molecule has 0 aliphatic rings. The lowest BCUT2D eigenvalue weighted by Gasteiger charge is -2.25. The SMILES string of the molecule is CCn1cncc1CNCC(C)(C)c1ccccc1. The van der Waals surface area contributed by atoms with Crippen molar-refractivity contribution in [1.82, 2.24) is 14.9 Å². The number of imidazole rings is 1. The van der Waals surface area contributed by atoms with Crippen LogP contribution in [0.4, 0.5) is 0 Å². The molecule has 0 unspecified atom stereocenters. The molecule has 19 heavy (non-hydrogen) atoms. The molecule has 1 N–H and O–H groups in total. The minimum Gasteiger partial charge on any atom is -0.334 e. The summed E-state index contributed by atoms with van der Waals surface area (Å²) in [5, 5.41) is 3.54. The van der Waals surface area contributed by atoms with Gasteiger partial charge in [-0.05, 0) is 12.5 Å². The third-order valence-corrected chi connectivity index (χ3v) is 3.57. The fourth-order valence-electron chi connectivity index (χ4n) is 2.27. The second-order valence-corrected chi connectivity index (χ2v) is 5.52. The van der Waals surface area contributed by atoms with E-state index in [1.165, 1.54) is 11.3 Å². The molecule has 3 heteroatoms. The number of rotatable bonds is 6. The zero-order valence-electron chi connectivity index (χ0n) is 12.1. The van der Waals surface area contributed by atoms with Crippen molar-refractivity contribution in [2.75, 3.05) is 6.54 Å². The molecule has 0 aliphatic carbocycles. The predicted molar refractivity (Wildman–Crippen MR) is 79.1 cm³/mol. The lowest BCUT2D eigenvalue weighted by Crippen LogP contribution is -2.33. The van der Waals surface area contributed by atoms with Gasteiger partial charge in [-0.25, -0.2) is 4.98 Å². The molecule has 0 bridgehead atoms. The van der Waals surface area contributed by atoms with Gasteiger partial charge < -0.3 is 9.88 Å². The van der Waals surface area contributed by atoms with Crippen molar-refractivity contribution in [1.29, 1.82) is 0 Å². The maximum absolute atomic E-state index is 4.19. The summed E-state index contributed by atoms with van der Waals surface area (Å²) in [6.07, 6.45) is 3.82. The van der Waals surface area contributed by atoms with Gasteiger partial charge in [0, 0.05) is 31.2 Å². The van der Waals surface area contributed by atoms with Crippen molar-refractivity contribution in [3.05, 3.63) is 54.1 Å². The summed E-state index contributed by atoms with van der Waals surface area (Å²) in [6, 6.07) is 10.6. The maximum Gasteiger partial charge on any atom is 0.0948 e. The van der Waals surface area contributed by atoms with Crippen LogP contribution in [0.2, 0.25) is 0 Å². The first-order valence-electron chi connectivity index (χ1n) is 6.89. The number of hydrogen-bond donors (Lipinski definition) is 1. The highest BCUT2D eigenvalue weighted by atomic mass is 15.1. The molecule has 0 aliphatic heterocycles. The molecule has 3 nitrogen and oxygen atoms in total. The molecule has 0 radical (unpaired) electrons. The van der Waals surface area contributed by atoms with E-state index in [9.17, 15) is 0 Å². The molecule has 0 saturated carbocycles.